The molecule has 0 unspecified atom stereocenters. The van der Waals surface area contributed by atoms with Crippen molar-refractivity contribution < 1.29 is 47.0 Å². The van der Waals surface area contributed by atoms with Crippen molar-refractivity contribution in [3.05, 3.63) is 29.8 Å². The summed E-state index contributed by atoms with van der Waals surface area (Å²) in [5.41, 5.74) is 0.150. The number of benzene rings is 1. The van der Waals surface area contributed by atoms with Crippen LogP contribution in [0.4, 0.5) is 0 Å². The zero-order valence-electron chi connectivity index (χ0n) is 19.7. The van der Waals surface area contributed by atoms with E-state index in [1.807, 2.05) is 0 Å². The molecule has 1 saturated carbocycles. The SMILES string of the molecule is O=C(O)CCCC(=O)OCC1CCC(COC(=O)c2ccc(S(=O)(=O)N3C(=O)CCC3=O)cc2)CC1. The van der Waals surface area contributed by atoms with Crippen molar-refractivity contribution >= 4 is 39.7 Å². The summed E-state index contributed by atoms with van der Waals surface area (Å²) in [6.45, 7) is 0.500. The smallest absolute Gasteiger partial charge is 0.338 e. The van der Waals surface area contributed by atoms with Crippen molar-refractivity contribution in [1.29, 1.82) is 0 Å². The van der Waals surface area contributed by atoms with Gasteiger partial charge < -0.3 is 14.6 Å². The largest absolute Gasteiger partial charge is 0.481 e. The molecule has 1 aromatic carbocycles. The first-order valence-electron chi connectivity index (χ1n) is 11.8. The Labute approximate surface area is 208 Å². The number of rotatable bonds is 11. The average Bonchev–Trinajstić information content (AvgIpc) is 3.20. The third-order valence-electron chi connectivity index (χ3n) is 6.30. The molecule has 12 heteroatoms. The molecule has 0 radical (unpaired) electrons. The van der Waals surface area contributed by atoms with Gasteiger partial charge in [-0.05, 0) is 68.2 Å². The number of carbonyl (C=O) groups is 5. The van der Waals surface area contributed by atoms with Gasteiger partial charge in [-0.3, -0.25) is 19.2 Å². The summed E-state index contributed by atoms with van der Waals surface area (Å²) in [7, 11) is -4.31. The van der Waals surface area contributed by atoms with Crippen LogP contribution in [0.25, 0.3) is 0 Å². The fraction of sp³-hybridized carbons (Fsp3) is 0.542. The van der Waals surface area contributed by atoms with Gasteiger partial charge in [0.25, 0.3) is 10.0 Å². The lowest BCUT2D eigenvalue weighted by Gasteiger charge is -2.27. The van der Waals surface area contributed by atoms with Gasteiger partial charge in [-0.25, -0.2) is 13.2 Å². The number of ether oxygens (including phenoxy) is 2. The lowest BCUT2D eigenvalue weighted by molar-refractivity contribution is -0.146. The number of aliphatic carboxylic acids is 1. The van der Waals surface area contributed by atoms with Crippen molar-refractivity contribution in [2.24, 2.45) is 11.8 Å². The Morgan fingerprint density at radius 1 is 0.861 bits per heavy atom. The van der Waals surface area contributed by atoms with E-state index in [4.69, 9.17) is 14.6 Å². The molecule has 0 aromatic heterocycles. The molecule has 0 bridgehead atoms. The summed E-state index contributed by atoms with van der Waals surface area (Å²) in [6.07, 6.45) is 3.18. The Kier molecular flexibility index (Phi) is 9.19. The molecule has 2 amide bonds. The zero-order chi connectivity index (χ0) is 26.3. The van der Waals surface area contributed by atoms with Crippen molar-refractivity contribution in [3.63, 3.8) is 0 Å². The van der Waals surface area contributed by atoms with E-state index >= 15 is 0 Å². The van der Waals surface area contributed by atoms with Gasteiger partial charge in [-0.1, -0.05) is 0 Å². The van der Waals surface area contributed by atoms with Crippen molar-refractivity contribution in [2.75, 3.05) is 13.2 Å². The summed E-state index contributed by atoms with van der Waals surface area (Å²) in [6, 6.07) is 4.89. The monoisotopic (exact) mass is 523 g/mol. The van der Waals surface area contributed by atoms with Gasteiger partial charge in [-0.2, -0.15) is 4.31 Å². The van der Waals surface area contributed by atoms with Crippen LogP contribution >= 0.6 is 0 Å². The van der Waals surface area contributed by atoms with E-state index in [1.165, 1.54) is 24.3 Å². The molecule has 36 heavy (non-hydrogen) atoms. The molecule has 3 rings (SSSR count). The quantitative estimate of drug-likeness (QED) is 0.336. The number of hydrogen-bond acceptors (Lipinski definition) is 9. The number of carboxylic acid groups (broad SMARTS) is 1. The highest BCUT2D eigenvalue weighted by Crippen LogP contribution is 2.29. The maximum absolute atomic E-state index is 12.6. The van der Waals surface area contributed by atoms with Crippen LogP contribution in [0.1, 0.15) is 68.1 Å². The first kappa shape index (κ1) is 27.3. The molecule has 1 aliphatic carbocycles. The van der Waals surface area contributed by atoms with E-state index in [9.17, 15) is 32.4 Å². The number of hydrogen-bond donors (Lipinski definition) is 1. The number of sulfonamides is 1. The van der Waals surface area contributed by atoms with Gasteiger partial charge in [0, 0.05) is 25.7 Å². The Bertz CT molecular complexity index is 1090. The predicted molar refractivity (Wildman–Crippen MR) is 123 cm³/mol. The lowest BCUT2D eigenvalue weighted by Crippen LogP contribution is -2.35. The van der Waals surface area contributed by atoms with Crippen LogP contribution in [0.2, 0.25) is 0 Å². The molecule has 0 atom stereocenters. The minimum Gasteiger partial charge on any atom is -0.481 e. The van der Waals surface area contributed by atoms with Crippen LogP contribution < -0.4 is 0 Å². The molecule has 11 nitrogen and oxygen atoms in total. The molecule has 1 aliphatic heterocycles. The Morgan fingerprint density at radius 2 is 1.39 bits per heavy atom. The Morgan fingerprint density at radius 3 is 1.92 bits per heavy atom. The molecule has 1 heterocycles. The second kappa shape index (κ2) is 12.1. The molecular formula is C24H29NO10S. The maximum atomic E-state index is 12.6. The van der Waals surface area contributed by atoms with Crippen LogP contribution in [0.15, 0.2) is 29.2 Å². The Hall–Kier alpha value is -3.28. The standard InChI is InChI=1S/C24H29NO10S/c26-20-12-13-21(27)25(20)36(32,33)19-10-8-18(9-11-19)24(31)35-15-17-6-4-16(5-7-17)14-34-23(30)3-1-2-22(28)29/h8-11,16-17H,1-7,12-15H2,(H,28,29). The van der Waals surface area contributed by atoms with Crippen LogP contribution in [-0.2, 0) is 38.7 Å². The van der Waals surface area contributed by atoms with Crippen molar-refractivity contribution in [3.8, 4) is 0 Å². The van der Waals surface area contributed by atoms with Crippen molar-refractivity contribution in [2.45, 2.75) is 62.7 Å². The van der Waals surface area contributed by atoms with Gasteiger partial charge in [0.1, 0.15) is 0 Å². The summed E-state index contributed by atoms with van der Waals surface area (Å²) < 4.78 is 36.0. The highest BCUT2D eigenvalue weighted by molar-refractivity contribution is 7.90. The first-order chi connectivity index (χ1) is 17.1. The third-order valence-corrected chi connectivity index (χ3v) is 8.06. The summed E-state index contributed by atoms with van der Waals surface area (Å²) in [5.74, 6) is -3.12. The highest BCUT2D eigenvalue weighted by Gasteiger charge is 2.39. The van der Waals surface area contributed by atoms with Gasteiger partial charge in [0.05, 0.1) is 23.7 Å². The molecule has 1 saturated heterocycles. The number of imide groups is 1. The minimum absolute atomic E-state index is 0.0667. The van der Waals surface area contributed by atoms with Crippen LogP contribution in [0.5, 0.6) is 0 Å². The average molecular weight is 524 g/mol. The first-order valence-corrected chi connectivity index (χ1v) is 13.3. The fourth-order valence-electron chi connectivity index (χ4n) is 4.20. The van der Waals surface area contributed by atoms with Crippen LogP contribution in [-0.4, -0.2) is 60.8 Å². The number of carboxylic acids is 1. The number of carbonyl (C=O) groups excluding carboxylic acids is 4. The molecule has 1 aromatic rings. The molecule has 2 fully saturated rings. The van der Waals surface area contributed by atoms with E-state index in [2.05, 4.69) is 0 Å². The highest BCUT2D eigenvalue weighted by atomic mass is 32.2. The number of amides is 2. The van der Waals surface area contributed by atoms with E-state index < -0.39 is 39.7 Å². The molecular weight excluding hydrogens is 494 g/mol. The fourth-order valence-corrected chi connectivity index (χ4v) is 5.61. The minimum atomic E-state index is -4.31. The summed E-state index contributed by atoms with van der Waals surface area (Å²) >= 11 is 0. The normalized spacial score (nSPS) is 20.3. The van der Waals surface area contributed by atoms with Gasteiger partial charge in [-0.15, -0.1) is 0 Å². The van der Waals surface area contributed by atoms with Gasteiger partial charge >= 0.3 is 17.9 Å². The third kappa shape index (κ3) is 7.12. The molecule has 0 spiro atoms. The summed E-state index contributed by atoms with van der Waals surface area (Å²) in [5, 5.41) is 8.59. The van der Waals surface area contributed by atoms with Crippen LogP contribution in [0.3, 0.4) is 0 Å². The Balaban J connectivity index is 1.40. The van der Waals surface area contributed by atoms with Crippen LogP contribution in [0, 0.1) is 11.8 Å². The second-order valence-electron chi connectivity index (χ2n) is 9.00. The van der Waals surface area contributed by atoms with E-state index in [-0.39, 0.29) is 65.3 Å². The molecule has 196 valence electrons. The second-order valence-corrected chi connectivity index (χ2v) is 10.8. The topological polar surface area (TPSA) is 161 Å². The number of esters is 2. The van der Waals surface area contributed by atoms with Gasteiger partial charge in [0.15, 0.2) is 0 Å². The van der Waals surface area contributed by atoms with Crippen molar-refractivity contribution in [1.82, 2.24) is 4.31 Å². The lowest BCUT2D eigenvalue weighted by atomic mass is 9.83. The van der Waals surface area contributed by atoms with Gasteiger partial charge in [0.2, 0.25) is 11.8 Å². The number of nitrogens with zero attached hydrogens (tertiary/aromatic N) is 1. The predicted octanol–water partition coefficient (Wildman–Crippen LogP) is 2.29. The maximum Gasteiger partial charge on any atom is 0.338 e. The van der Waals surface area contributed by atoms with E-state index in [0.717, 1.165) is 25.7 Å². The van der Waals surface area contributed by atoms with E-state index in [0.29, 0.717) is 6.61 Å². The molecule has 2 aliphatic rings. The summed E-state index contributed by atoms with van der Waals surface area (Å²) in [4.78, 5) is 57.8. The zero-order valence-corrected chi connectivity index (χ0v) is 20.5. The van der Waals surface area contributed by atoms with E-state index in [1.54, 1.807) is 0 Å². The molecule has 1 N–H and O–H groups in total.